The third kappa shape index (κ3) is 4.37. The van der Waals surface area contributed by atoms with E-state index in [0.717, 1.165) is 13.1 Å². The van der Waals surface area contributed by atoms with Crippen LogP contribution in [0.5, 0.6) is 0 Å². The Hall–Kier alpha value is -1.75. The van der Waals surface area contributed by atoms with E-state index < -0.39 is 5.60 Å². The first-order chi connectivity index (χ1) is 10.3. The zero-order chi connectivity index (χ0) is 16.3. The maximum absolute atomic E-state index is 12.0. The summed E-state index contributed by atoms with van der Waals surface area (Å²) in [5.74, 6) is 0.267. The van der Waals surface area contributed by atoms with Gasteiger partial charge in [0.15, 0.2) is 0 Å². The normalized spacial score (nSPS) is 21.5. The quantitative estimate of drug-likeness (QED) is 0.900. The Morgan fingerprint density at radius 2 is 1.86 bits per heavy atom. The van der Waals surface area contributed by atoms with Gasteiger partial charge in [0.05, 0.1) is 6.04 Å². The van der Waals surface area contributed by atoms with Crippen molar-refractivity contribution in [1.29, 1.82) is 0 Å². The van der Waals surface area contributed by atoms with Crippen LogP contribution in [0.2, 0.25) is 0 Å². The minimum Gasteiger partial charge on any atom is -0.444 e. The lowest BCUT2D eigenvalue weighted by Gasteiger charge is -2.24. The highest BCUT2D eigenvalue weighted by atomic mass is 16.6. The number of carbonyl (C=O) groups excluding carboxylic acids is 1. The molecule has 1 aromatic carbocycles. The summed E-state index contributed by atoms with van der Waals surface area (Å²) >= 11 is 0. The summed E-state index contributed by atoms with van der Waals surface area (Å²) in [7, 11) is 4.05. The Morgan fingerprint density at radius 1 is 1.23 bits per heavy atom. The molecule has 0 unspecified atom stereocenters. The number of alkyl carbamates (subject to hydrolysis) is 1. The van der Waals surface area contributed by atoms with Gasteiger partial charge in [-0.1, -0.05) is 12.1 Å². The Balaban J connectivity index is 2.02. The molecule has 1 heterocycles. The van der Waals surface area contributed by atoms with Crippen molar-refractivity contribution in [3.63, 3.8) is 0 Å². The van der Waals surface area contributed by atoms with Crippen LogP contribution in [0.3, 0.4) is 0 Å². The molecule has 0 aromatic heterocycles. The molecule has 0 bridgehead atoms. The van der Waals surface area contributed by atoms with Crippen LogP contribution in [0.1, 0.15) is 32.3 Å². The molecule has 122 valence electrons. The maximum Gasteiger partial charge on any atom is 0.407 e. The van der Waals surface area contributed by atoms with Crippen molar-refractivity contribution in [3.05, 3.63) is 29.8 Å². The molecule has 1 aliphatic heterocycles. The number of carbonyl (C=O) groups is 1. The molecule has 1 aliphatic rings. The number of nitrogens with zero attached hydrogens (tertiary/aromatic N) is 1. The second kappa shape index (κ2) is 6.57. The maximum atomic E-state index is 12.0. The first-order valence-electron chi connectivity index (χ1n) is 7.74. The van der Waals surface area contributed by atoms with Crippen molar-refractivity contribution >= 4 is 11.8 Å². The van der Waals surface area contributed by atoms with Gasteiger partial charge in [-0.3, -0.25) is 0 Å². The van der Waals surface area contributed by atoms with Crippen LogP contribution < -0.4 is 15.5 Å². The predicted octanol–water partition coefficient (Wildman–Crippen LogP) is 2.33. The Labute approximate surface area is 133 Å². The summed E-state index contributed by atoms with van der Waals surface area (Å²) in [6, 6.07) is 8.55. The average molecular weight is 305 g/mol. The number of hydrogen-bond acceptors (Lipinski definition) is 4. The van der Waals surface area contributed by atoms with Gasteiger partial charge < -0.3 is 20.3 Å². The molecule has 0 aliphatic carbocycles. The van der Waals surface area contributed by atoms with Gasteiger partial charge in [-0.25, -0.2) is 4.79 Å². The van der Waals surface area contributed by atoms with Gasteiger partial charge >= 0.3 is 6.09 Å². The molecule has 22 heavy (non-hydrogen) atoms. The van der Waals surface area contributed by atoms with Crippen molar-refractivity contribution in [2.75, 3.05) is 32.1 Å². The van der Waals surface area contributed by atoms with Gasteiger partial charge in [0.1, 0.15) is 5.60 Å². The van der Waals surface area contributed by atoms with Crippen LogP contribution in [0.15, 0.2) is 24.3 Å². The van der Waals surface area contributed by atoms with E-state index in [1.807, 2.05) is 34.9 Å². The lowest BCUT2D eigenvalue weighted by Crippen LogP contribution is -2.42. The third-order valence-electron chi connectivity index (χ3n) is 3.75. The highest BCUT2D eigenvalue weighted by Gasteiger charge is 2.31. The van der Waals surface area contributed by atoms with Gasteiger partial charge in [-0.15, -0.1) is 0 Å². The van der Waals surface area contributed by atoms with Crippen molar-refractivity contribution in [1.82, 2.24) is 10.6 Å². The minimum atomic E-state index is -0.473. The first-order valence-corrected chi connectivity index (χ1v) is 7.74. The van der Waals surface area contributed by atoms with Crippen LogP contribution in [-0.2, 0) is 4.74 Å². The number of ether oxygens (including phenoxy) is 1. The molecular weight excluding hydrogens is 278 g/mol. The van der Waals surface area contributed by atoms with Gasteiger partial charge in [-0.05, 0) is 38.5 Å². The third-order valence-corrected chi connectivity index (χ3v) is 3.75. The summed E-state index contributed by atoms with van der Waals surface area (Å²) < 4.78 is 5.35. The number of benzene rings is 1. The smallest absolute Gasteiger partial charge is 0.407 e. The average Bonchev–Trinajstić information content (AvgIpc) is 2.84. The molecule has 5 nitrogen and oxygen atoms in total. The molecule has 2 rings (SSSR count). The fourth-order valence-electron chi connectivity index (χ4n) is 2.66. The molecule has 0 radical (unpaired) electrons. The molecule has 1 aromatic rings. The SMILES string of the molecule is CN(C)c1ccc([C@@H]2CNC[C@H]2NC(=O)OC(C)(C)C)cc1. The van der Waals surface area contributed by atoms with Gasteiger partial charge in [0.25, 0.3) is 0 Å². The number of amides is 1. The zero-order valence-electron chi connectivity index (χ0n) is 14.1. The second-order valence-electron chi connectivity index (χ2n) is 7.00. The molecule has 1 saturated heterocycles. The van der Waals surface area contributed by atoms with E-state index in [-0.39, 0.29) is 18.1 Å². The van der Waals surface area contributed by atoms with E-state index in [0.29, 0.717) is 0 Å². The van der Waals surface area contributed by atoms with E-state index in [2.05, 4.69) is 39.8 Å². The van der Waals surface area contributed by atoms with Crippen molar-refractivity contribution < 1.29 is 9.53 Å². The standard InChI is InChI=1S/C17H27N3O2/c1-17(2,3)22-16(21)19-15-11-18-10-14(15)12-6-8-13(9-7-12)20(4)5/h6-9,14-15,18H,10-11H2,1-5H3,(H,19,21)/t14-,15+/m0/s1. The van der Waals surface area contributed by atoms with Crippen LogP contribution >= 0.6 is 0 Å². The lowest BCUT2D eigenvalue weighted by molar-refractivity contribution is 0.0504. The molecule has 0 spiro atoms. The van der Waals surface area contributed by atoms with Crippen LogP contribution in [-0.4, -0.2) is 44.9 Å². The lowest BCUT2D eigenvalue weighted by atomic mass is 9.94. The zero-order valence-corrected chi connectivity index (χ0v) is 14.1. The molecule has 5 heteroatoms. The van der Waals surface area contributed by atoms with Crippen molar-refractivity contribution in [2.45, 2.75) is 38.3 Å². The van der Waals surface area contributed by atoms with E-state index in [4.69, 9.17) is 4.74 Å². The van der Waals surface area contributed by atoms with E-state index in [9.17, 15) is 4.79 Å². The van der Waals surface area contributed by atoms with Crippen molar-refractivity contribution in [2.24, 2.45) is 0 Å². The van der Waals surface area contributed by atoms with Crippen LogP contribution in [0, 0.1) is 0 Å². The second-order valence-corrected chi connectivity index (χ2v) is 7.00. The van der Waals surface area contributed by atoms with E-state index in [1.54, 1.807) is 0 Å². The Kier molecular flexibility index (Phi) is 4.96. The molecule has 2 N–H and O–H groups in total. The summed E-state index contributed by atoms with van der Waals surface area (Å²) in [5, 5.41) is 6.33. The minimum absolute atomic E-state index is 0.0556. The number of hydrogen-bond donors (Lipinski definition) is 2. The van der Waals surface area contributed by atoms with Crippen LogP contribution in [0.4, 0.5) is 10.5 Å². The molecule has 2 atom stereocenters. The number of anilines is 1. The fraction of sp³-hybridized carbons (Fsp3) is 0.588. The molecular formula is C17H27N3O2. The van der Waals surface area contributed by atoms with E-state index >= 15 is 0 Å². The Bertz CT molecular complexity index is 506. The topological polar surface area (TPSA) is 53.6 Å². The monoisotopic (exact) mass is 305 g/mol. The predicted molar refractivity (Wildman–Crippen MR) is 89.5 cm³/mol. The summed E-state index contributed by atoms with van der Waals surface area (Å²) in [6.07, 6.45) is -0.351. The molecule has 1 fully saturated rings. The number of rotatable bonds is 3. The first kappa shape index (κ1) is 16.6. The molecule has 0 saturated carbocycles. The van der Waals surface area contributed by atoms with Crippen molar-refractivity contribution in [3.8, 4) is 0 Å². The van der Waals surface area contributed by atoms with Gasteiger partial charge in [-0.2, -0.15) is 0 Å². The summed E-state index contributed by atoms with van der Waals surface area (Å²) in [6.45, 7) is 7.24. The van der Waals surface area contributed by atoms with Gasteiger partial charge in [0, 0.05) is 38.8 Å². The van der Waals surface area contributed by atoms with Gasteiger partial charge in [0.2, 0.25) is 0 Å². The highest BCUT2D eigenvalue weighted by molar-refractivity contribution is 5.68. The highest BCUT2D eigenvalue weighted by Crippen LogP contribution is 2.25. The van der Waals surface area contributed by atoms with E-state index in [1.165, 1.54) is 11.3 Å². The molecule has 1 amide bonds. The van der Waals surface area contributed by atoms with Crippen LogP contribution in [0.25, 0.3) is 0 Å². The number of nitrogens with one attached hydrogen (secondary N) is 2. The summed E-state index contributed by atoms with van der Waals surface area (Å²) in [5.41, 5.74) is 1.93. The summed E-state index contributed by atoms with van der Waals surface area (Å²) in [4.78, 5) is 14.0. The Morgan fingerprint density at radius 3 is 2.41 bits per heavy atom. The fourth-order valence-corrected chi connectivity index (χ4v) is 2.66. The largest absolute Gasteiger partial charge is 0.444 e.